The molecular weight excluding hydrogens is 390 g/mol. The second kappa shape index (κ2) is 9.96. The monoisotopic (exact) mass is 422 g/mol. The number of hydrogen-bond donors (Lipinski definition) is 2. The number of para-hydroxylation sites is 1. The van der Waals surface area contributed by atoms with Crippen molar-refractivity contribution in [1.29, 1.82) is 0 Å². The molecule has 0 amide bonds. The Kier molecular flexibility index (Phi) is 8.10. The van der Waals surface area contributed by atoms with E-state index in [-0.39, 0.29) is 29.8 Å². The van der Waals surface area contributed by atoms with Crippen molar-refractivity contribution in [2.45, 2.75) is 71.9 Å². The summed E-state index contributed by atoms with van der Waals surface area (Å²) in [6.45, 7) is 11.4. The van der Waals surface area contributed by atoms with Crippen LogP contribution >= 0.6 is 0 Å². The van der Waals surface area contributed by atoms with Gasteiger partial charge in [-0.05, 0) is 46.2 Å². The Balaban J connectivity index is 2.26. The predicted molar refractivity (Wildman–Crippen MR) is 114 cm³/mol. The molecule has 2 N–H and O–H groups in total. The molecule has 1 unspecified atom stereocenters. The highest BCUT2D eigenvalue weighted by Crippen LogP contribution is 2.39. The molecule has 1 aliphatic heterocycles. The highest BCUT2D eigenvalue weighted by molar-refractivity contribution is 6.55. The van der Waals surface area contributed by atoms with E-state index >= 15 is 0 Å². The van der Waals surface area contributed by atoms with Crippen molar-refractivity contribution in [3.8, 4) is 5.75 Å². The zero-order valence-corrected chi connectivity index (χ0v) is 18.6. The normalized spacial score (nSPS) is 20.1. The molecule has 1 heterocycles. The number of benzene rings is 1. The van der Waals surface area contributed by atoms with Crippen LogP contribution in [0.4, 0.5) is 4.39 Å². The van der Waals surface area contributed by atoms with Crippen LogP contribution in [0.2, 0.25) is 0 Å². The summed E-state index contributed by atoms with van der Waals surface area (Å²) < 4.78 is 37.2. The molecule has 0 spiro atoms. The van der Waals surface area contributed by atoms with Gasteiger partial charge in [-0.3, -0.25) is 0 Å². The van der Waals surface area contributed by atoms with Gasteiger partial charge in [0.05, 0.1) is 17.0 Å². The Hall–Kier alpha value is -1.87. The Morgan fingerprint density at radius 2 is 1.77 bits per heavy atom. The van der Waals surface area contributed by atoms with E-state index in [2.05, 4.69) is 0 Å². The lowest BCUT2D eigenvalue weighted by Gasteiger charge is -2.32. The molecule has 1 aromatic carbocycles. The minimum Gasteiger partial charge on any atom is -0.513 e. The number of ether oxygens (including phenoxy) is 2. The van der Waals surface area contributed by atoms with Gasteiger partial charge in [0, 0.05) is 31.0 Å². The first-order valence-corrected chi connectivity index (χ1v) is 10.2. The van der Waals surface area contributed by atoms with Gasteiger partial charge >= 0.3 is 7.12 Å². The molecule has 0 radical (unpaired) electrons. The van der Waals surface area contributed by atoms with E-state index in [9.17, 15) is 14.6 Å². The van der Waals surface area contributed by atoms with Gasteiger partial charge in [-0.2, -0.15) is 4.39 Å². The van der Waals surface area contributed by atoms with Crippen LogP contribution in [-0.4, -0.2) is 41.4 Å². The van der Waals surface area contributed by atoms with Crippen LogP contribution in [0.3, 0.4) is 0 Å². The first-order chi connectivity index (χ1) is 14.0. The quantitative estimate of drug-likeness (QED) is 0.262. The summed E-state index contributed by atoms with van der Waals surface area (Å²) in [5.41, 5.74) is -0.516. The average Bonchev–Trinajstić information content (AvgIpc) is 2.88. The molecule has 1 fully saturated rings. The Bertz CT molecular complexity index is 774. The zero-order chi connectivity index (χ0) is 22.5. The first kappa shape index (κ1) is 24.4. The summed E-state index contributed by atoms with van der Waals surface area (Å²) in [4.78, 5) is 0. The van der Waals surface area contributed by atoms with Crippen molar-refractivity contribution in [2.75, 3.05) is 6.61 Å². The predicted octanol–water partition coefficient (Wildman–Crippen LogP) is 4.63. The van der Waals surface area contributed by atoms with E-state index < -0.39 is 30.6 Å². The SMILES string of the molecule is CCOC(O)Cc1ccccc1O/C(F)=C/C(B1OC(C)(C)C(C)(C)O1)=C(/O)CC. The molecule has 166 valence electrons. The van der Waals surface area contributed by atoms with E-state index in [0.29, 0.717) is 12.2 Å². The van der Waals surface area contributed by atoms with E-state index in [1.807, 2.05) is 27.7 Å². The van der Waals surface area contributed by atoms with Crippen LogP contribution in [0.1, 0.15) is 53.5 Å². The van der Waals surface area contributed by atoms with Crippen LogP contribution in [0.5, 0.6) is 5.75 Å². The van der Waals surface area contributed by atoms with Gasteiger partial charge in [0.2, 0.25) is 0 Å². The van der Waals surface area contributed by atoms with Crippen LogP contribution in [0.15, 0.2) is 47.6 Å². The van der Waals surface area contributed by atoms with E-state index in [1.165, 1.54) is 0 Å². The second-order valence-electron chi connectivity index (χ2n) is 8.12. The molecule has 1 saturated heterocycles. The standard InChI is InChI=1S/C22H32BFO6/c1-7-17(25)16(23-29-21(3,4)22(5,6)30-23)14-19(24)28-18-12-10-9-11-15(18)13-20(26)27-8-2/h9-12,14,20,25-26H,7-8,13H2,1-6H3/b17-16-,19-14+. The fourth-order valence-corrected chi connectivity index (χ4v) is 2.93. The molecule has 2 rings (SSSR count). The van der Waals surface area contributed by atoms with Crippen molar-refractivity contribution in [1.82, 2.24) is 0 Å². The van der Waals surface area contributed by atoms with E-state index in [1.54, 1.807) is 38.1 Å². The highest BCUT2D eigenvalue weighted by atomic mass is 19.1. The molecule has 0 bridgehead atoms. The van der Waals surface area contributed by atoms with Gasteiger partial charge in [-0.15, -0.1) is 0 Å². The van der Waals surface area contributed by atoms with Crippen LogP contribution in [0, 0.1) is 0 Å². The molecule has 6 nitrogen and oxygen atoms in total. The van der Waals surface area contributed by atoms with Crippen molar-refractivity contribution < 1.29 is 33.4 Å². The van der Waals surface area contributed by atoms with Gasteiger partial charge in [-0.1, -0.05) is 25.1 Å². The van der Waals surface area contributed by atoms with Crippen molar-refractivity contribution in [3.63, 3.8) is 0 Å². The summed E-state index contributed by atoms with van der Waals surface area (Å²) in [6, 6.07) is 5.85. The largest absolute Gasteiger partial charge is 0.513 e. The summed E-state index contributed by atoms with van der Waals surface area (Å²) in [5, 5.41) is 20.3. The minimum absolute atomic E-state index is 0.0488. The number of hydrogen-bond acceptors (Lipinski definition) is 6. The molecular formula is C22H32BFO6. The van der Waals surface area contributed by atoms with Crippen LogP contribution in [0.25, 0.3) is 0 Å². The Morgan fingerprint density at radius 3 is 2.33 bits per heavy atom. The summed E-state index contributed by atoms with van der Waals surface area (Å²) >= 11 is 0. The van der Waals surface area contributed by atoms with Gasteiger partial charge in [-0.25, -0.2) is 0 Å². The molecule has 0 aromatic heterocycles. The Morgan fingerprint density at radius 1 is 1.17 bits per heavy atom. The minimum atomic E-state index is -1.02. The maximum atomic E-state index is 14.8. The molecule has 1 aliphatic rings. The highest BCUT2D eigenvalue weighted by Gasteiger charge is 2.52. The maximum absolute atomic E-state index is 14.8. The zero-order valence-electron chi connectivity index (χ0n) is 18.6. The van der Waals surface area contributed by atoms with Gasteiger partial charge in [0.1, 0.15) is 5.75 Å². The fourth-order valence-electron chi connectivity index (χ4n) is 2.93. The molecule has 0 saturated carbocycles. The van der Waals surface area contributed by atoms with Crippen molar-refractivity contribution in [2.24, 2.45) is 0 Å². The molecule has 0 aliphatic carbocycles. The Labute approximate surface area is 178 Å². The second-order valence-corrected chi connectivity index (χ2v) is 8.12. The third kappa shape index (κ3) is 5.85. The van der Waals surface area contributed by atoms with Gasteiger partial charge in [0.15, 0.2) is 6.29 Å². The average molecular weight is 422 g/mol. The van der Waals surface area contributed by atoms with Gasteiger partial charge < -0.3 is 29.0 Å². The van der Waals surface area contributed by atoms with Crippen LogP contribution in [-0.2, 0) is 20.5 Å². The summed E-state index contributed by atoms with van der Waals surface area (Å²) in [5.74, 6) is 0.196. The smallest absolute Gasteiger partial charge is 0.498 e. The molecule has 1 aromatic rings. The number of halogens is 1. The fraction of sp³-hybridized carbons (Fsp3) is 0.545. The molecule has 30 heavy (non-hydrogen) atoms. The number of aliphatic hydroxyl groups is 2. The summed E-state index contributed by atoms with van der Waals surface area (Å²) in [7, 11) is -0.931. The third-order valence-electron chi connectivity index (χ3n) is 5.38. The van der Waals surface area contributed by atoms with Gasteiger partial charge in [0.25, 0.3) is 6.01 Å². The number of allylic oxidation sites excluding steroid dienone is 3. The topological polar surface area (TPSA) is 77.4 Å². The maximum Gasteiger partial charge on any atom is 0.498 e. The van der Waals surface area contributed by atoms with Crippen molar-refractivity contribution >= 4 is 7.12 Å². The number of rotatable bonds is 9. The lowest BCUT2D eigenvalue weighted by atomic mass is 9.76. The summed E-state index contributed by atoms with van der Waals surface area (Å²) in [6.07, 6.45) is 0.491. The molecule has 8 heteroatoms. The van der Waals surface area contributed by atoms with E-state index in [0.717, 1.165) is 6.08 Å². The lowest BCUT2D eigenvalue weighted by molar-refractivity contribution is -0.0930. The first-order valence-electron chi connectivity index (χ1n) is 10.2. The van der Waals surface area contributed by atoms with E-state index in [4.69, 9.17) is 18.8 Å². The van der Waals surface area contributed by atoms with Crippen molar-refractivity contribution in [3.05, 3.63) is 53.1 Å². The third-order valence-corrected chi connectivity index (χ3v) is 5.38. The molecule has 1 atom stereocenters. The number of aliphatic hydroxyl groups excluding tert-OH is 2. The van der Waals surface area contributed by atoms with Crippen LogP contribution < -0.4 is 4.74 Å². The lowest BCUT2D eigenvalue weighted by Crippen LogP contribution is -2.41.